The van der Waals surface area contributed by atoms with Crippen molar-refractivity contribution in [3.8, 4) is 0 Å². The van der Waals surface area contributed by atoms with Crippen molar-refractivity contribution in [2.75, 3.05) is 71.8 Å². The Labute approximate surface area is 422 Å². The van der Waals surface area contributed by atoms with Gasteiger partial charge in [-0.1, -0.05) is 39.8 Å². The maximum atomic E-state index is 13.5. The number of anilines is 2. The number of hydrogen-bond donors (Lipinski definition) is 3. The largest absolute Gasteiger partial charge is 0.462 e. The van der Waals surface area contributed by atoms with Crippen molar-refractivity contribution in [3.63, 3.8) is 0 Å². The molecule has 4 heterocycles. The minimum Gasteiger partial charge on any atom is -0.462 e. The SMILES string of the molecule is CCOC(=O)C1=CN(C(=O)c2ccc(F)cc2)CC(C)(C)c2c1[nH]c1cc(N(C)C(=O)N(C)C)ccc21.CCOC(=O)C1=CN(C(=O)c2ccc(F)cc2)CC(C)(C)c2c1[nH]c1cc(NC(=O)N(C)C)ccc21. The maximum Gasteiger partial charge on any atom is 0.341 e. The van der Waals surface area contributed by atoms with Gasteiger partial charge in [0.1, 0.15) is 11.6 Å². The summed E-state index contributed by atoms with van der Waals surface area (Å²) < 4.78 is 37.6. The topological polar surface area (TPSA) is 181 Å². The van der Waals surface area contributed by atoms with Crippen LogP contribution in [0.4, 0.5) is 29.7 Å². The van der Waals surface area contributed by atoms with Crippen molar-refractivity contribution in [2.45, 2.75) is 52.4 Å². The van der Waals surface area contributed by atoms with Crippen LogP contribution in [0.2, 0.25) is 0 Å². The molecule has 18 heteroatoms. The molecule has 2 aromatic heterocycles. The van der Waals surface area contributed by atoms with Crippen LogP contribution in [0.25, 0.3) is 33.0 Å². The molecule has 0 radical (unpaired) electrons. The van der Waals surface area contributed by atoms with Crippen molar-refractivity contribution in [2.24, 2.45) is 0 Å². The molecule has 0 saturated carbocycles. The third-order valence-corrected chi connectivity index (χ3v) is 12.6. The van der Waals surface area contributed by atoms with Gasteiger partial charge in [-0.05, 0) is 97.8 Å². The van der Waals surface area contributed by atoms with Crippen LogP contribution in [0, 0.1) is 11.6 Å². The Kier molecular flexibility index (Phi) is 15.0. The zero-order valence-corrected chi connectivity index (χ0v) is 42.8. The van der Waals surface area contributed by atoms with Gasteiger partial charge in [0.25, 0.3) is 11.8 Å². The van der Waals surface area contributed by atoms with E-state index in [0.717, 1.165) is 32.9 Å². The second-order valence-electron chi connectivity index (χ2n) is 19.5. The van der Waals surface area contributed by atoms with Crippen LogP contribution in [-0.2, 0) is 29.9 Å². The highest BCUT2D eigenvalue weighted by atomic mass is 19.1. The summed E-state index contributed by atoms with van der Waals surface area (Å²) in [5.41, 5.74) is 5.50. The molecule has 0 spiro atoms. The summed E-state index contributed by atoms with van der Waals surface area (Å²) >= 11 is 0. The number of aromatic amines is 2. The molecule has 0 saturated heterocycles. The van der Waals surface area contributed by atoms with Gasteiger partial charge in [0.15, 0.2) is 0 Å². The average Bonchev–Trinajstić information content (AvgIpc) is 3.86. The molecule has 6 aromatic rings. The summed E-state index contributed by atoms with van der Waals surface area (Å²) in [6.07, 6.45) is 3.01. The van der Waals surface area contributed by atoms with Crippen LogP contribution in [0.5, 0.6) is 0 Å². The lowest BCUT2D eigenvalue weighted by molar-refractivity contribution is -0.137. The zero-order chi connectivity index (χ0) is 53.3. The van der Waals surface area contributed by atoms with E-state index < -0.39 is 34.4 Å². The summed E-state index contributed by atoms with van der Waals surface area (Å²) in [5, 5.41) is 4.57. The fourth-order valence-corrected chi connectivity index (χ4v) is 9.17. The number of H-pyrrole nitrogens is 2. The van der Waals surface area contributed by atoms with E-state index >= 15 is 0 Å². The summed E-state index contributed by atoms with van der Waals surface area (Å²) in [6.45, 7) is 12.3. The zero-order valence-electron chi connectivity index (χ0n) is 42.8. The van der Waals surface area contributed by atoms with E-state index in [9.17, 15) is 37.5 Å². The van der Waals surface area contributed by atoms with E-state index in [1.165, 1.54) is 80.5 Å². The van der Waals surface area contributed by atoms with Gasteiger partial charge in [-0.2, -0.15) is 0 Å². The van der Waals surface area contributed by atoms with Gasteiger partial charge in [0.2, 0.25) is 0 Å². The fourth-order valence-electron chi connectivity index (χ4n) is 9.17. The first-order valence-corrected chi connectivity index (χ1v) is 23.6. The molecule has 8 rings (SSSR count). The number of halogens is 2. The van der Waals surface area contributed by atoms with Crippen molar-refractivity contribution in [1.29, 1.82) is 0 Å². The molecule has 0 fully saturated rings. The van der Waals surface area contributed by atoms with Gasteiger partial charge >= 0.3 is 24.0 Å². The molecule has 0 bridgehead atoms. The second kappa shape index (κ2) is 20.8. The number of aromatic nitrogens is 2. The Balaban J connectivity index is 0.000000214. The Morgan fingerprint density at radius 2 is 1.03 bits per heavy atom. The third-order valence-electron chi connectivity index (χ3n) is 12.6. The molecule has 3 N–H and O–H groups in total. The molecule has 4 aromatic carbocycles. The predicted molar refractivity (Wildman–Crippen MR) is 277 cm³/mol. The molecular weight excluding hydrogens is 939 g/mol. The summed E-state index contributed by atoms with van der Waals surface area (Å²) in [7, 11) is 8.38. The van der Waals surface area contributed by atoms with Crippen LogP contribution in [0.1, 0.15) is 84.8 Å². The standard InChI is InChI=1S/C28H31FN4O4.C27H29FN4O4/c1-7-37-26(35)21-15-33(25(34)17-8-10-18(29)11-9-17)16-28(2,3)23-20-13-12-19(14-22(20)30-24(21)23)32(6)27(36)31(4)5;1-6-36-25(34)20-14-32(24(33)16-7-9-17(28)10-8-16)15-27(2,3)22-19-12-11-18(29-26(35)31(4)5)13-21(19)30-23(20)22/h8-15,30H,7,16H2,1-6H3;7-14,30H,6,15H2,1-5H3,(H,29,35). The number of nitrogens with one attached hydrogen (secondary N) is 3. The van der Waals surface area contributed by atoms with Gasteiger partial charge in [-0.3, -0.25) is 14.5 Å². The number of carbonyl (C=O) groups is 6. The number of esters is 2. The van der Waals surface area contributed by atoms with Crippen LogP contribution in [0.15, 0.2) is 97.3 Å². The van der Waals surface area contributed by atoms with Crippen molar-refractivity contribution in [3.05, 3.63) is 143 Å². The number of urea groups is 2. The smallest absolute Gasteiger partial charge is 0.341 e. The molecule has 6 amide bonds. The van der Waals surface area contributed by atoms with Gasteiger partial charge in [-0.25, -0.2) is 28.0 Å². The molecule has 382 valence electrons. The van der Waals surface area contributed by atoms with Crippen molar-refractivity contribution < 1.29 is 47.0 Å². The van der Waals surface area contributed by atoms with Crippen LogP contribution in [-0.4, -0.2) is 127 Å². The minimum absolute atomic E-state index is 0.168. The third kappa shape index (κ3) is 10.8. The highest BCUT2D eigenvalue weighted by Gasteiger charge is 2.39. The molecule has 0 aliphatic carbocycles. The quantitative estimate of drug-likeness (QED) is 0.126. The number of rotatable bonds is 8. The monoisotopic (exact) mass is 998 g/mol. The van der Waals surface area contributed by atoms with E-state index in [0.29, 0.717) is 33.9 Å². The Hall–Kier alpha value is -8.28. The normalized spacial score (nSPS) is 14.5. The van der Waals surface area contributed by atoms with Gasteiger partial charge in [0.05, 0.1) is 35.7 Å². The van der Waals surface area contributed by atoms with E-state index in [1.807, 2.05) is 58.0 Å². The van der Waals surface area contributed by atoms with Gasteiger partial charge < -0.3 is 44.4 Å². The lowest BCUT2D eigenvalue weighted by Crippen LogP contribution is -2.37. The molecule has 0 unspecified atom stereocenters. The highest BCUT2D eigenvalue weighted by molar-refractivity contribution is 6.20. The van der Waals surface area contributed by atoms with E-state index in [1.54, 1.807) is 60.1 Å². The van der Waals surface area contributed by atoms with Crippen molar-refractivity contribution in [1.82, 2.24) is 29.6 Å². The number of hydrogen-bond acceptors (Lipinski definition) is 8. The van der Waals surface area contributed by atoms with Gasteiger partial charge in [0, 0.05) is 116 Å². The van der Waals surface area contributed by atoms with E-state index in [-0.39, 0.29) is 61.3 Å². The molecule has 2 aliphatic heterocycles. The first-order chi connectivity index (χ1) is 34.5. The summed E-state index contributed by atoms with van der Waals surface area (Å²) in [6, 6.07) is 21.3. The molecule has 73 heavy (non-hydrogen) atoms. The fraction of sp³-hybridized carbons (Fsp3) is 0.309. The number of fused-ring (bicyclic) bond motifs is 6. The maximum absolute atomic E-state index is 13.5. The molecule has 0 atom stereocenters. The predicted octanol–water partition coefficient (Wildman–Crippen LogP) is 9.50. The van der Waals surface area contributed by atoms with Gasteiger partial charge in [-0.15, -0.1) is 0 Å². The first-order valence-electron chi connectivity index (χ1n) is 23.6. The Morgan fingerprint density at radius 3 is 1.44 bits per heavy atom. The lowest BCUT2D eigenvalue weighted by atomic mass is 9.81. The Bertz CT molecular complexity index is 3200. The number of benzene rings is 4. The van der Waals surface area contributed by atoms with E-state index in [4.69, 9.17) is 9.47 Å². The number of nitrogens with zero attached hydrogens (tertiary/aromatic N) is 5. The Morgan fingerprint density at radius 1 is 0.603 bits per heavy atom. The molecular formula is C55H60F2N8O8. The minimum atomic E-state index is -0.582. The number of amides is 6. The summed E-state index contributed by atoms with van der Waals surface area (Å²) in [4.78, 5) is 91.7. The number of ether oxygens (including phenoxy) is 2. The highest BCUT2D eigenvalue weighted by Crippen LogP contribution is 2.43. The number of carbonyl (C=O) groups excluding carboxylic acids is 6. The van der Waals surface area contributed by atoms with Crippen LogP contribution >= 0.6 is 0 Å². The first kappa shape index (κ1) is 52.5. The average molecular weight is 999 g/mol. The summed E-state index contributed by atoms with van der Waals surface area (Å²) in [5.74, 6) is -2.71. The van der Waals surface area contributed by atoms with Crippen molar-refractivity contribution >= 4 is 80.1 Å². The van der Waals surface area contributed by atoms with Crippen LogP contribution < -0.4 is 10.2 Å². The van der Waals surface area contributed by atoms with Crippen LogP contribution in [0.3, 0.4) is 0 Å². The molecule has 2 aliphatic rings. The molecule has 16 nitrogen and oxygen atoms in total. The lowest BCUT2D eigenvalue weighted by Gasteiger charge is -2.30. The second-order valence-corrected chi connectivity index (χ2v) is 19.5. The van der Waals surface area contributed by atoms with E-state index in [2.05, 4.69) is 15.3 Å².